The van der Waals surface area contributed by atoms with Gasteiger partial charge in [0.05, 0.1) is 0 Å². The van der Waals surface area contributed by atoms with Gasteiger partial charge in [-0.3, -0.25) is 4.90 Å². The molecule has 4 nitrogen and oxygen atoms in total. The van der Waals surface area contributed by atoms with E-state index in [1.165, 1.54) is 5.56 Å². The van der Waals surface area contributed by atoms with Crippen LogP contribution in [-0.4, -0.2) is 34.7 Å². The molecular weight excluding hydrogens is 190 g/mol. The first-order chi connectivity index (χ1) is 7.28. The largest absolute Gasteiger partial charge is 0.396 e. The molecule has 0 aromatic carbocycles. The molecule has 1 aliphatic heterocycles. The molecule has 1 aliphatic rings. The number of aliphatic hydroxyl groups is 1. The summed E-state index contributed by atoms with van der Waals surface area (Å²) >= 11 is 0. The maximum atomic E-state index is 9.03. The first-order valence-corrected chi connectivity index (χ1v) is 5.31. The number of nitrogen functional groups attached to an aromatic ring is 1. The number of pyridine rings is 1. The number of anilines is 1. The monoisotopic (exact) mass is 207 g/mol. The molecule has 3 N–H and O–H groups in total. The Morgan fingerprint density at radius 2 is 2.40 bits per heavy atom. The lowest BCUT2D eigenvalue weighted by Crippen LogP contribution is -2.21. The van der Waals surface area contributed by atoms with Crippen molar-refractivity contribution in [3.05, 3.63) is 23.9 Å². The maximum Gasteiger partial charge on any atom is 0.123 e. The smallest absolute Gasteiger partial charge is 0.123 e. The summed E-state index contributed by atoms with van der Waals surface area (Å²) in [4.78, 5) is 6.40. The van der Waals surface area contributed by atoms with Crippen LogP contribution in [0.4, 0.5) is 5.82 Å². The summed E-state index contributed by atoms with van der Waals surface area (Å²) < 4.78 is 0. The number of nitrogens with two attached hydrogens (primary N) is 1. The molecule has 0 spiro atoms. The highest BCUT2D eigenvalue weighted by atomic mass is 16.3. The van der Waals surface area contributed by atoms with Crippen LogP contribution in [0.25, 0.3) is 0 Å². The number of aliphatic hydroxyl groups excluding tert-OH is 1. The minimum atomic E-state index is 0.302. The zero-order valence-electron chi connectivity index (χ0n) is 8.76. The standard InChI is InChI=1S/C11H17N3O/c12-11-2-1-9(5-13-11)6-14-4-3-10(7-14)8-15/h1-2,5,10,15H,3-4,6-8H2,(H2,12,13). The zero-order chi connectivity index (χ0) is 10.7. The Morgan fingerprint density at radius 1 is 1.53 bits per heavy atom. The molecule has 2 heterocycles. The van der Waals surface area contributed by atoms with E-state index in [1.54, 1.807) is 0 Å². The molecule has 1 unspecified atom stereocenters. The highest BCUT2D eigenvalue weighted by Gasteiger charge is 2.21. The summed E-state index contributed by atoms with van der Waals surface area (Å²) in [5.41, 5.74) is 6.70. The fourth-order valence-electron chi connectivity index (χ4n) is 1.99. The Labute approximate surface area is 89.7 Å². The molecular formula is C11H17N3O. The van der Waals surface area contributed by atoms with Crippen molar-refractivity contribution in [3.8, 4) is 0 Å². The summed E-state index contributed by atoms with van der Waals surface area (Å²) in [7, 11) is 0. The van der Waals surface area contributed by atoms with E-state index in [1.807, 2.05) is 18.3 Å². The van der Waals surface area contributed by atoms with E-state index in [9.17, 15) is 0 Å². The number of aromatic nitrogens is 1. The minimum absolute atomic E-state index is 0.302. The van der Waals surface area contributed by atoms with Crippen molar-refractivity contribution in [3.63, 3.8) is 0 Å². The molecule has 0 radical (unpaired) electrons. The number of rotatable bonds is 3. The molecule has 1 saturated heterocycles. The Hall–Kier alpha value is -1.13. The second kappa shape index (κ2) is 4.59. The van der Waals surface area contributed by atoms with E-state index in [-0.39, 0.29) is 0 Å². The molecule has 0 saturated carbocycles. The lowest BCUT2D eigenvalue weighted by atomic mass is 10.1. The number of hydrogen-bond donors (Lipinski definition) is 2. The van der Waals surface area contributed by atoms with Crippen LogP contribution >= 0.6 is 0 Å². The predicted molar refractivity (Wildman–Crippen MR) is 59.1 cm³/mol. The van der Waals surface area contributed by atoms with Crippen molar-refractivity contribution in [2.75, 3.05) is 25.4 Å². The van der Waals surface area contributed by atoms with Gasteiger partial charge < -0.3 is 10.8 Å². The van der Waals surface area contributed by atoms with Gasteiger partial charge in [0.25, 0.3) is 0 Å². The van der Waals surface area contributed by atoms with E-state index in [4.69, 9.17) is 10.8 Å². The van der Waals surface area contributed by atoms with Crippen molar-refractivity contribution >= 4 is 5.82 Å². The van der Waals surface area contributed by atoms with Gasteiger partial charge in [-0.05, 0) is 30.5 Å². The van der Waals surface area contributed by atoms with Gasteiger partial charge in [0.2, 0.25) is 0 Å². The molecule has 0 amide bonds. The van der Waals surface area contributed by atoms with Crippen LogP contribution in [0.1, 0.15) is 12.0 Å². The summed E-state index contributed by atoms with van der Waals surface area (Å²) in [6.07, 6.45) is 2.92. The topological polar surface area (TPSA) is 62.4 Å². The SMILES string of the molecule is Nc1ccc(CN2CCC(CO)C2)cn1. The quantitative estimate of drug-likeness (QED) is 0.756. The third-order valence-corrected chi connectivity index (χ3v) is 2.88. The average Bonchev–Trinajstić information content (AvgIpc) is 2.69. The first kappa shape index (κ1) is 10.4. The van der Waals surface area contributed by atoms with Crippen LogP contribution in [0.2, 0.25) is 0 Å². The van der Waals surface area contributed by atoms with Gasteiger partial charge in [-0.2, -0.15) is 0 Å². The number of nitrogens with zero attached hydrogens (tertiary/aromatic N) is 2. The van der Waals surface area contributed by atoms with Gasteiger partial charge in [-0.25, -0.2) is 4.98 Å². The van der Waals surface area contributed by atoms with Crippen LogP contribution < -0.4 is 5.73 Å². The fraction of sp³-hybridized carbons (Fsp3) is 0.545. The average molecular weight is 207 g/mol. The van der Waals surface area contributed by atoms with Gasteiger partial charge in [-0.15, -0.1) is 0 Å². The van der Waals surface area contributed by atoms with Crippen molar-refractivity contribution in [2.24, 2.45) is 5.92 Å². The fourth-order valence-corrected chi connectivity index (χ4v) is 1.99. The summed E-state index contributed by atoms with van der Waals surface area (Å²) in [5.74, 6) is 1.01. The zero-order valence-corrected chi connectivity index (χ0v) is 8.76. The normalized spacial score (nSPS) is 22.1. The van der Waals surface area contributed by atoms with Crippen LogP contribution in [-0.2, 0) is 6.54 Å². The van der Waals surface area contributed by atoms with Gasteiger partial charge >= 0.3 is 0 Å². The Bertz CT molecular complexity index is 312. The van der Waals surface area contributed by atoms with Crippen LogP contribution in [0.3, 0.4) is 0 Å². The molecule has 1 aromatic rings. The van der Waals surface area contributed by atoms with Crippen molar-refractivity contribution in [1.29, 1.82) is 0 Å². The second-order valence-electron chi connectivity index (χ2n) is 4.16. The highest BCUT2D eigenvalue weighted by Crippen LogP contribution is 2.17. The lowest BCUT2D eigenvalue weighted by molar-refractivity contribution is 0.220. The van der Waals surface area contributed by atoms with E-state index < -0.39 is 0 Å². The maximum absolute atomic E-state index is 9.03. The Kier molecular flexibility index (Phi) is 3.18. The molecule has 1 aromatic heterocycles. The van der Waals surface area contributed by atoms with E-state index in [0.717, 1.165) is 26.1 Å². The molecule has 4 heteroatoms. The van der Waals surface area contributed by atoms with Crippen molar-refractivity contribution in [1.82, 2.24) is 9.88 Å². The molecule has 1 fully saturated rings. The van der Waals surface area contributed by atoms with E-state index in [2.05, 4.69) is 9.88 Å². The Balaban J connectivity index is 1.90. The van der Waals surface area contributed by atoms with Gasteiger partial charge in [0.15, 0.2) is 0 Å². The molecule has 15 heavy (non-hydrogen) atoms. The molecule has 0 aliphatic carbocycles. The molecule has 1 atom stereocenters. The molecule has 0 bridgehead atoms. The van der Waals surface area contributed by atoms with Crippen LogP contribution in [0.5, 0.6) is 0 Å². The predicted octanol–water partition coefficient (Wildman–Crippen LogP) is 0.478. The van der Waals surface area contributed by atoms with Crippen LogP contribution in [0.15, 0.2) is 18.3 Å². The van der Waals surface area contributed by atoms with Gasteiger partial charge in [-0.1, -0.05) is 6.07 Å². The van der Waals surface area contributed by atoms with Crippen molar-refractivity contribution in [2.45, 2.75) is 13.0 Å². The van der Waals surface area contributed by atoms with Gasteiger partial charge in [0, 0.05) is 25.9 Å². The van der Waals surface area contributed by atoms with Crippen LogP contribution in [0, 0.1) is 5.92 Å². The number of likely N-dealkylation sites (tertiary alicyclic amines) is 1. The molecule has 82 valence electrons. The van der Waals surface area contributed by atoms with E-state index in [0.29, 0.717) is 18.3 Å². The Morgan fingerprint density at radius 3 is 3.00 bits per heavy atom. The minimum Gasteiger partial charge on any atom is -0.396 e. The third kappa shape index (κ3) is 2.67. The molecule has 2 rings (SSSR count). The second-order valence-corrected chi connectivity index (χ2v) is 4.16. The van der Waals surface area contributed by atoms with Crippen molar-refractivity contribution < 1.29 is 5.11 Å². The van der Waals surface area contributed by atoms with Gasteiger partial charge in [0.1, 0.15) is 5.82 Å². The van der Waals surface area contributed by atoms with E-state index >= 15 is 0 Å². The lowest BCUT2D eigenvalue weighted by Gasteiger charge is -2.15. The third-order valence-electron chi connectivity index (χ3n) is 2.88. The first-order valence-electron chi connectivity index (χ1n) is 5.31. The number of hydrogen-bond acceptors (Lipinski definition) is 4. The summed E-state index contributed by atoms with van der Waals surface area (Å²) in [5, 5.41) is 9.03. The summed E-state index contributed by atoms with van der Waals surface area (Å²) in [6.45, 7) is 3.26. The highest BCUT2D eigenvalue weighted by molar-refractivity contribution is 5.29. The summed E-state index contributed by atoms with van der Waals surface area (Å²) in [6, 6.07) is 3.84.